The standard InChI is InChI=1S/C20H17N3/c1-2-7-18-14-16(10-11-17(18)6-1)15-21-19-8-3-4-9-20(19)23-13-5-12-22-23/h1-14,21H,15H2. The maximum atomic E-state index is 4.32. The van der Waals surface area contributed by atoms with Gasteiger partial charge < -0.3 is 5.32 Å². The Hall–Kier alpha value is -3.07. The molecule has 0 unspecified atom stereocenters. The summed E-state index contributed by atoms with van der Waals surface area (Å²) in [6.45, 7) is 0.781. The van der Waals surface area contributed by atoms with Crippen molar-refractivity contribution in [2.45, 2.75) is 6.54 Å². The molecule has 112 valence electrons. The van der Waals surface area contributed by atoms with Crippen molar-refractivity contribution in [1.29, 1.82) is 0 Å². The van der Waals surface area contributed by atoms with Gasteiger partial charge in [-0.15, -0.1) is 0 Å². The van der Waals surface area contributed by atoms with Gasteiger partial charge in [0.2, 0.25) is 0 Å². The summed E-state index contributed by atoms with van der Waals surface area (Å²) >= 11 is 0. The summed E-state index contributed by atoms with van der Waals surface area (Å²) in [7, 11) is 0. The number of rotatable bonds is 4. The van der Waals surface area contributed by atoms with Crippen LogP contribution in [-0.2, 0) is 6.54 Å². The van der Waals surface area contributed by atoms with E-state index in [-0.39, 0.29) is 0 Å². The van der Waals surface area contributed by atoms with E-state index in [9.17, 15) is 0 Å². The van der Waals surface area contributed by atoms with Gasteiger partial charge in [-0.3, -0.25) is 0 Å². The van der Waals surface area contributed by atoms with Crippen LogP contribution in [0.1, 0.15) is 5.56 Å². The van der Waals surface area contributed by atoms with Crippen molar-refractivity contribution in [3.05, 3.63) is 90.8 Å². The molecular weight excluding hydrogens is 282 g/mol. The topological polar surface area (TPSA) is 29.9 Å². The smallest absolute Gasteiger partial charge is 0.0876 e. The predicted molar refractivity (Wildman–Crippen MR) is 94.8 cm³/mol. The Bertz CT molecular complexity index is 926. The molecule has 0 spiro atoms. The Morgan fingerprint density at radius 3 is 2.52 bits per heavy atom. The molecule has 0 aliphatic carbocycles. The second-order valence-electron chi connectivity index (χ2n) is 5.50. The Kier molecular flexibility index (Phi) is 3.53. The Morgan fingerprint density at radius 2 is 1.65 bits per heavy atom. The molecule has 1 heterocycles. The highest BCUT2D eigenvalue weighted by Gasteiger charge is 2.04. The second-order valence-corrected chi connectivity index (χ2v) is 5.50. The SMILES string of the molecule is c1ccc(-n2cccn2)c(NCc2ccc3ccccc3c2)c1. The van der Waals surface area contributed by atoms with Gasteiger partial charge in [0.1, 0.15) is 0 Å². The third-order valence-electron chi connectivity index (χ3n) is 3.95. The van der Waals surface area contributed by atoms with E-state index >= 15 is 0 Å². The molecule has 3 nitrogen and oxygen atoms in total. The van der Waals surface area contributed by atoms with Gasteiger partial charge in [-0.1, -0.05) is 48.5 Å². The third kappa shape index (κ3) is 2.81. The van der Waals surface area contributed by atoms with Gasteiger partial charge in [0.05, 0.1) is 11.4 Å². The molecule has 1 aromatic heterocycles. The molecule has 3 aromatic carbocycles. The first-order valence-corrected chi connectivity index (χ1v) is 7.71. The van der Waals surface area contributed by atoms with E-state index in [2.05, 4.69) is 65.0 Å². The molecule has 0 bridgehead atoms. The number of aromatic nitrogens is 2. The highest BCUT2D eigenvalue weighted by atomic mass is 15.3. The van der Waals surface area contributed by atoms with Crippen LogP contribution in [0.25, 0.3) is 16.5 Å². The van der Waals surface area contributed by atoms with Gasteiger partial charge in [0.15, 0.2) is 0 Å². The van der Waals surface area contributed by atoms with E-state index in [4.69, 9.17) is 0 Å². The second kappa shape index (κ2) is 5.97. The third-order valence-corrected chi connectivity index (χ3v) is 3.95. The first kappa shape index (κ1) is 13.6. The predicted octanol–water partition coefficient (Wildman–Crippen LogP) is 4.64. The van der Waals surface area contributed by atoms with Crippen LogP contribution >= 0.6 is 0 Å². The minimum absolute atomic E-state index is 0.781. The van der Waals surface area contributed by atoms with Gasteiger partial charge in [0.25, 0.3) is 0 Å². The maximum absolute atomic E-state index is 4.32. The van der Waals surface area contributed by atoms with Crippen molar-refractivity contribution < 1.29 is 0 Å². The molecule has 0 aliphatic rings. The molecule has 0 amide bonds. The van der Waals surface area contributed by atoms with Crippen LogP contribution in [0.5, 0.6) is 0 Å². The molecule has 3 heteroatoms. The molecule has 1 N–H and O–H groups in total. The normalized spacial score (nSPS) is 10.8. The van der Waals surface area contributed by atoms with Crippen LogP contribution in [-0.4, -0.2) is 9.78 Å². The Labute approximate surface area is 135 Å². The molecule has 0 atom stereocenters. The zero-order chi connectivity index (χ0) is 15.5. The fourth-order valence-corrected chi connectivity index (χ4v) is 2.78. The van der Waals surface area contributed by atoms with E-state index in [0.29, 0.717) is 0 Å². The minimum Gasteiger partial charge on any atom is -0.379 e. The van der Waals surface area contributed by atoms with Crippen molar-refractivity contribution in [2.24, 2.45) is 0 Å². The molecule has 0 saturated heterocycles. The number of anilines is 1. The summed E-state index contributed by atoms with van der Waals surface area (Å²) < 4.78 is 1.88. The summed E-state index contributed by atoms with van der Waals surface area (Å²) in [6, 6.07) is 25.2. The lowest BCUT2D eigenvalue weighted by Crippen LogP contribution is -2.04. The molecule has 23 heavy (non-hydrogen) atoms. The van der Waals surface area contributed by atoms with Gasteiger partial charge in [-0.2, -0.15) is 5.10 Å². The average molecular weight is 299 g/mol. The molecule has 4 aromatic rings. The molecule has 0 fully saturated rings. The fourth-order valence-electron chi connectivity index (χ4n) is 2.78. The van der Waals surface area contributed by atoms with E-state index in [1.165, 1.54) is 16.3 Å². The number of nitrogens with zero attached hydrogens (tertiary/aromatic N) is 2. The van der Waals surface area contributed by atoms with Crippen molar-refractivity contribution in [2.75, 3.05) is 5.32 Å². The van der Waals surface area contributed by atoms with Gasteiger partial charge in [-0.05, 0) is 40.6 Å². The summed E-state index contributed by atoms with van der Waals surface area (Å²) in [4.78, 5) is 0. The largest absolute Gasteiger partial charge is 0.379 e. The lowest BCUT2D eigenvalue weighted by atomic mass is 10.1. The lowest BCUT2D eigenvalue weighted by Gasteiger charge is -2.12. The number of hydrogen-bond acceptors (Lipinski definition) is 2. The number of para-hydroxylation sites is 2. The fraction of sp³-hybridized carbons (Fsp3) is 0.0500. The molecule has 4 rings (SSSR count). The Balaban J connectivity index is 1.59. The first-order chi connectivity index (χ1) is 11.4. The van der Waals surface area contributed by atoms with Crippen molar-refractivity contribution in [1.82, 2.24) is 9.78 Å². The Morgan fingerprint density at radius 1 is 0.826 bits per heavy atom. The van der Waals surface area contributed by atoms with Crippen LogP contribution in [0, 0.1) is 0 Å². The highest BCUT2D eigenvalue weighted by Crippen LogP contribution is 2.21. The maximum Gasteiger partial charge on any atom is 0.0876 e. The number of nitrogens with one attached hydrogen (secondary N) is 1. The van der Waals surface area contributed by atoms with E-state index < -0.39 is 0 Å². The lowest BCUT2D eigenvalue weighted by molar-refractivity contribution is 0.879. The van der Waals surface area contributed by atoms with Gasteiger partial charge in [0, 0.05) is 18.9 Å². The quantitative estimate of drug-likeness (QED) is 0.595. The summed E-state index contributed by atoms with van der Waals surface area (Å²) in [5.41, 5.74) is 3.39. The summed E-state index contributed by atoms with van der Waals surface area (Å²) in [5.74, 6) is 0. The van der Waals surface area contributed by atoms with Crippen LogP contribution in [0.15, 0.2) is 85.2 Å². The van der Waals surface area contributed by atoms with Crippen molar-refractivity contribution >= 4 is 16.5 Å². The molecule has 0 saturated carbocycles. The summed E-state index contributed by atoms with van der Waals surface area (Å²) in [6.07, 6.45) is 3.75. The highest BCUT2D eigenvalue weighted by molar-refractivity contribution is 5.83. The van der Waals surface area contributed by atoms with Crippen LogP contribution in [0.4, 0.5) is 5.69 Å². The van der Waals surface area contributed by atoms with Crippen molar-refractivity contribution in [3.63, 3.8) is 0 Å². The van der Waals surface area contributed by atoms with Crippen LogP contribution in [0.2, 0.25) is 0 Å². The van der Waals surface area contributed by atoms with Crippen molar-refractivity contribution in [3.8, 4) is 5.69 Å². The monoisotopic (exact) mass is 299 g/mol. The zero-order valence-electron chi connectivity index (χ0n) is 12.7. The average Bonchev–Trinajstić information content (AvgIpc) is 3.14. The van der Waals surface area contributed by atoms with E-state index in [1.807, 2.05) is 29.1 Å². The van der Waals surface area contributed by atoms with E-state index in [1.54, 1.807) is 6.20 Å². The van der Waals surface area contributed by atoms with Crippen LogP contribution in [0.3, 0.4) is 0 Å². The van der Waals surface area contributed by atoms with Gasteiger partial charge in [-0.25, -0.2) is 4.68 Å². The van der Waals surface area contributed by atoms with Crippen LogP contribution < -0.4 is 5.32 Å². The molecule has 0 radical (unpaired) electrons. The molecular formula is C20H17N3. The number of hydrogen-bond donors (Lipinski definition) is 1. The summed E-state index contributed by atoms with van der Waals surface area (Å²) in [5, 5.41) is 10.4. The van der Waals surface area contributed by atoms with E-state index in [0.717, 1.165) is 17.9 Å². The minimum atomic E-state index is 0.781. The number of fused-ring (bicyclic) bond motifs is 1. The molecule has 0 aliphatic heterocycles. The first-order valence-electron chi connectivity index (χ1n) is 7.71. The number of benzene rings is 3. The van der Waals surface area contributed by atoms with Gasteiger partial charge >= 0.3 is 0 Å². The zero-order valence-corrected chi connectivity index (χ0v) is 12.7.